The second-order valence-corrected chi connectivity index (χ2v) is 4.11. The highest BCUT2D eigenvalue weighted by Gasteiger charge is 2.18. The summed E-state index contributed by atoms with van der Waals surface area (Å²) < 4.78 is 1.77. The van der Waals surface area contributed by atoms with Crippen LogP contribution >= 0.6 is 11.6 Å². The van der Waals surface area contributed by atoms with E-state index in [0.717, 1.165) is 23.1 Å². The van der Waals surface area contributed by atoms with Gasteiger partial charge in [-0.25, -0.2) is 0 Å². The molecule has 1 aromatic heterocycles. The average molecular weight is 221 g/mol. The zero-order valence-corrected chi connectivity index (χ0v) is 8.71. The second kappa shape index (κ2) is 3.08. The smallest absolute Gasteiger partial charge is 0.245 e. The summed E-state index contributed by atoms with van der Waals surface area (Å²) >= 11 is 5.91. The molecule has 0 atom stereocenters. The number of hydrogen-bond acceptors (Lipinski definition) is 2. The van der Waals surface area contributed by atoms with Gasteiger partial charge < -0.3 is 5.32 Å². The summed E-state index contributed by atoms with van der Waals surface area (Å²) in [5.74, 6) is 0.0913. The van der Waals surface area contributed by atoms with Crippen LogP contribution in [0.1, 0.15) is 10.5 Å². The summed E-state index contributed by atoms with van der Waals surface area (Å²) in [7, 11) is 0. The van der Waals surface area contributed by atoms with Crippen molar-refractivity contribution < 1.29 is 4.79 Å². The van der Waals surface area contributed by atoms with Gasteiger partial charge in [0.15, 0.2) is 0 Å². The molecular formula is C11H9ClN2O. The number of hydrogen-bond donors (Lipinski definition) is 1. The first kappa shape index (κ1) is 8.95. The molecule has 0 fully saturated rings. The molecule has 0 spiro atoms. The molecule has 0 saturated carbocycles. The lowest BCUT2D eigenvalue weighted by atomic mass is 10.2. The number of halogens is 1. The van der Waals surface area contributed by atoms with Gasteiger partial charge in [0.05, 0.1) is 12.1 Å². The number of benzene rings is 1. The lowest BCUT2D eigenvalue weighted by Gasteiger charge is -2.15. The van der Waals surface area contributed by atoms with E-state index in [9.17, 15) is 4.79 Å². The van der Waals surface area contributed by atoms with Gasteiger partial charge in [0, 0.05) is 22.6 Å². The molecule has 3 nitrogen and oxygen atoms in total. The predicted octanol–water partition coefficient (Wildman–Crippen LogP) is 2.04. The van der Waals surface area contributed by atoms with Crippen LogP contribution in [-0.4, -0.2) is 17.0 Å². The maximum atomic E-state index is 11.7. The van der Waals surface area contributed by atoms with Gasteiger partial charge in [-0.1, -0.05) is 11.6 Å². The van der Waals surface area contributed by atoms with Gasteiger partial charge in [0.25, 0.3) is 0 Å². The summed E-state index contributed by atoms with van der Waals surface area (Å²) in [4.78, 5) is 11.7. The summed E-state index contributed by atoms with van der Waals surface area (Å²) in [5, 5.41) is 4.79. The van der Waals surface area contributed by atoms with Crippen molar-refractivity contribution in [2.75, 3.05) is 6.54 Å². The molecule has 0 amide bonds. The molecule has 2 heterocycles. The molecule has 0 aliphatic carbocycles. The molecule has 4 heteroatoms. The SMILES string of the molecule is O=C1CNCc2cc3cc(Cl)ccc3n21. The Labute approximate surface area is 91.6 Å². The fourth-order valence-electron chi connectivity index (χ4n) is 2.04. The molecule has 0 radical (unpaired) electrons. The van der Waals surface area contributed by atoms with Crippen molar-refractivity contribution in [2.45, 2.75) is 6.54 Å². The third-order valence-corrected chi connectivity index (χ3v) is 2.91. The van der Waals surface area contributed by atoms with E-state index < -0.39 is 0 Å². The lowest BCUT2D eigenvalue weighted by Crippen LogP contribution is -2.34. The van der Waals surface area contributed by atoms with Crippen LogP contribution in [0.3, 0.4) is 0 Å². The first-order chi connectivity index (χ1) is 7.25. The Bertz CT molecular complexity index is 559. The van der Waals surface area contributed by atoms with Crippen LogP contribution in [0.5, 0.6) is 0 Å². The second-order valence-electron chi connectivity index (χ2n) is 3.67. The first-order valence-corrected chi connectivity index (χ1v) is 5.17. The number of aromatic nitrogens is 1. The molecule has 3 rings (SSSR count). The average Bonchev–Trinajstić information content (AvgIpc) is 2.56. The van der Waals surface area contributed by atoms with E-state index in [0.29, 0.717) is 11.6 Å². The molecule has 1 aromatic carbocycles. The van der Waals surface area contributed by atoms with Gasteiger partial charge >= 0.3 is 0 Å². The standard InChI is InChI=1S/C11H9ClN2O/c12-8-1-2-10-7(3-8)4-9-5-13-6-11(15)14(9)10/h1-4,13H,5-6H2. The van der Waals surface area contributed by atoms with Crippen molar-refractivity contribution in [1.82, 2.24) is 9.88 Å². The predicted molar refractivity (Wildman–Crippen MR) is 59.3 cm³/mol. The topological polar surface area (TPSA) is 34.0 Å². The van der Waals surface area contributed by atoms with E-state index in [1.165, 1.54) is 0 Å². The molecule has 76 valence electrons. The molecule has 1 N–H and O–H groups in total. The molecule has 1 aliphatic heterocycles. The Kier molecular flexibility index (Phi) is 1.84. The molecule has 2 aromatic rings. The number of carbonyl (C=O) groups excluding carboxylic acids is 1. The van der Waals surface area contributed by atoms with E-state index in [2.05, 4.69) is 5.32 Å². The maximum absolute atomic E-state index is 11.7. The van der Waals surface area contributed by atoms with Crippen molar-refractivity contribution in [1.29, 1.82) is 0 Å². The van der Waals surface area contributed by atoms with Crippen LogP contribution < -0.4 is 5.32 Å². The summed E-state index contributed by atoms with van der Waals surface area (Å²) in [6.45, 7) is 1.14. The third kappa shape index (κ3) is 1.28. The molecular weight excluding hydrogens is 212 g/mol. The van der Waals surface area contributed by atoms with Crippen molar-refractivity contribution in [2.24, 2.45) is 0 Å². The Morgan fingerprint density at radius 1 is 1.27 bits per heavy atom. The lowest BCUT2D eigenvalue weighted by molar-refractivity contribution is 0.0900. The molecule has 0 saturated heterocycles. The number of carbonyl (C=O) groups is 1. The number of rotatable bonds is 0. The van der Waals surface area contributed by atoms with Crippen LogP contribution in [0.4, 0.5) is 0 Å². The number of fused-ring (bicyclic) bond motifs is 3. The summed E-state index contributed by atoms with van der Waals surface area (Å²) in [6, 6.07) is 7.59. The van der Waals surface area contributed by atoms with E-state index in [4.69, 9.17) is 11.6 Å². The normalized spacial score (nSPS) is 15.7. The molecule has 1 aliphatic rings. The van der Waals surface area contributed by atoms with Gasteiger partial charge in [0.2, 0.25) is 5.91 Å². The van der Waals surface area contributed by atoms with Gasteiger partial charge in [-0.15, -0.1) is 0 Å². The highest BCUT2D eigenvalue weighted by molar-refractivity contribution is 6.31. The first-order valence-electron chi connectivity index (χ1n) is 4.79. The van der Waals surface area contributed by atoms with Crippen LogP contribution in [0.2, 0.25) is 5.02 Å². The highest BCUT2D eigenvalue weighted by atomic mass is 35.5. The minimum absolute atomic E-state index is 0.0913. The monoisotopic (exact) mass is 220 g/mol. The Hall–Kier alpha value is -1.32. The third-order valence-electron chi connectivity index (χ3n) is 2.67. The zero-order valence-electron chi connectivity index (χ0n) is 7.96. The maximum Gasteiger partial charge on any atom is 0.245 e. The molecule has 0 bridgehead atoms. The van der Waals surface area contributed by atoms with Crippen LogP contribution in [0.15, 0.2) is 24.3 Å². The number of nitrogens with zero attached hydrogens (tertiary/aromatic N) is 1. The van der Waals surface area contributed by atoms with E-state index in [1.807, 2.05) is 24.3 Å². The van der Waals surface area contributed by atoms with Crippen molar-refractivity contribution >= 4 is 28.4 Å². The van der Waals surface area contributed by atoms with E-state index in [-0.39, 0.29) is 5.91 Å². The summed E-state index contributed by atoms with van der Waals surface area (Å²) in [5.41, 5.74) is 1.95. The largest absolute Gasteiger partial charge is 0.303 e. The summed E-state index contributed by atoms with van der Waals surface area (Å²) in [6.07, 6.45) is 0. The minimum atomic E-state index is 0.0913. The van der Waals surface area contributed by atoms with Crippen LogP contribution in [0.25, 0.3) is 10.9 Å². The highest BCUT2D eigenvalue weighted by Crippen LogP contribution is 2.24. The number of nitrogens with one attached hydrogen (secondary N) is 1. The van der Waals surface area contributed by atoms with Gasteiger partial charge in [-0.05, 0) is 24.3 Å². The van der Waals surface area contributed by atoms with Gasteiger partial charge in [-0.2, -0.15) is 0 Å². The van der Waals surface area contributed by atoms with E-state index >= 15 is 0 Å². The van der Waals surface area contributed by atoms with Crippen molar-refractivity contribution in [3.63, 3.8) is 0 Å². The van der Waals surface area contributed by atoms with Crippen LogP contribution in [0, 0.1) is 0 Å². The Morgan fingerprint density at radius 2 is 2.13 bits per heavy atom. The van der Waals surface area contributed by atoms with E-state index in [1.54, 1.807) is 4.57 Å². The Morgan fingerprint density at radius 3 is 3.00 bits per heavy atom. The van der Waals surface area contributed by atoms with Gasteiger partial charge in [0.1, 0.15) is 0 Å². The minimum Gasteiger partial charge on any atom is -0.303 e. The fraction of sp³-hybridized carbons (Fsp3) is 0.182. The zero-order chi connectivity index (χ0) is 10.4. The van der Waals surface area contributed by atoms with Crippen LogP contribution in [-0.2, 0) is 6.54 Å². The quantitative estimate of drug-likeness (QED) is 0.737. The fourth-order valence-corrected chi connectivity index (χ4v) is 2.23. The van der Waals surface area contributed by atoms with Gasteiger partial charge in [-0.3, -0.25) is 9.36 Å². The molecule has 15 heavy (non-hydrogen) atoms. The van der Waals surface area contributed by atoms with Crippen molar-refractivity contribution in [3.8, 4) is 0 Å². The van der Waals surface area contributed by atoms with Crippen molar-refractivity contribution in [3.05, 3.63) is 35.0 Å². The molecule has 0 unspecified atom stereocenters. The Balaban J connectivity index is 2.36.